The molecule has 0 amide bonds. The van der Waals surface area contributed by atoms with E-state index in [1.54, 1.807) is 6.34 Å². The zero-order valence-corrected chi connectivity index (χ0v) is 16.7. The lowest BCUT2D eigenvalue weighted by Crippen LogP contribution is -2.28. The van der Waals surface area contributed by atoms with Gasteiger partial charge in [0.1, 0.15) is 23.0 Å². The van der Waals surface area contributed by atoms with Crippen LogP contribution in [0.1, 0.15) is 38.2 Å². The van der Waals surface area contributed by atoms with Crippen LogP contribution in [0.4, 0.5) is 5.69 Å². The van der Waals surface area contributed by atoms with E-state index in [1.807, 2.05) is 18.2 Å². The molecule has 29 heavy (non-hydrogen) atoms. The summed E-state index contributed by atoms with van der Waals surface area (Å²) in [6, 6.07) is 5.97. The average molecular weight is 394 g/mol. The molecule has 1 aliphatic carbocycles. The van der Waals surface area contributed by atoms with Crippen LogP contribution in [0.5, 0.6) is 5.75 Å². The summed E-state index contributed by atoms with van der Waals surface area (Å²) in [7, 11) is 0. The molecule has 0 radical (unpaired) electrons. The van der Waals surface area contributed by atoms with Gasteiger partial charge in [0, 0.05) is 18.5 Å². The van der Waals surface area contributed by atoms with E-state index in [2.05, 4.69) is 22.5 Å². The maximum Gasteiger partial charge on any atom is 0.230 e. The number of aliphatic imine (C=N–C) groups is 2. The van der Waals surface area contributed by atoms with Crippen LogP contribution in [0.25, 0.3) is 0 Å². The minimum atomic E-state index is 0.260. The highest BCUT2D eigenvalue weighted by atomic mass is 16.7. The van der Waals surface area contributed by atoms with Crippen LogP contribution >= 0.6 is 0 Å². The Hall–Kier alpha value is -2.80. The summed E-state index contributed by atoms with van der Waals surface area (Å²) < 4.78 is 17.5. The summed E-state index contributed by atoms with van der Waals surface area (Å²) in [6.45, 7) is 4.98. The Bertz CT molecular complexity index is 932. The van der Waals surface area contributed by atoms with Crippen LogP contribution < -0.4 is 15.4 Å². The van der Waals surface area contributed by atoms with E-state index in [4.69, 9.17) is 19.2 Å². The first-order chi connectivity index (χ1) is 14.3. The molecule has 0 saturated carbocycles. The van der Waals surface area contributed by atoms with Crippen LogP contribution in [0.15, 0.2) is 51.0 Å². The number of hydrogen-bond acceptors (Lipinski definition) is 7. The average Bonchev–Trinajstić information content (AvgIpc) is 3.19. The minimum absolute atomic E-state index is 0.260. The first kappa shape index (κ1) is 18.2. The van der Waals surface area contributed by atoms with E-state index < -0.39 is 0 Å². The van der Waals surface area contributed by atoms with E-state index in [0.29, 0.717) is 5.92 Å². The molecule has 2 N–H and O–H groups in total. The molecule has 3 aliphatic heterocycles. The van der Waals surface area contributed by atoms with Gasteiger partial charge in [-0.1, -0.05) is 6.92 Å². The van der Waals surface area contributed by atoms with Crippen molar-refractivity contribution in [3.05, 3.63) is 46.6 Å². The largest absolute Gasteiger partial charge is 0.494 e. The molecule has 0 fully saturated rings. The van der Waals surface area contributed by atoms with Crippen molar-refractivity contribution in [2.75, 3.05) is 26.5 Å². The highest BCUT2D eigenvalue weighted by Gasteiger charge is 2.33. The van der Waals surface area contributed by atoms with Crippen molar-refractivity contribution in [1.82, 2.24) is 10.6 Å². The lowest BCUT2D eigenvalue weighted by molar-refractivity contribution is 0.0711. The van der Waals surface area contributed by atoms with Crippen molar-refractivity contribution in [3.8, 4) is 5.75 Å². The fourth-order valence-corrected chi connectivity index (χ4v) is 4.11. The lowest BCUT2D eigenvalue weighted by Gasteiger charge is -2.25. The van der Waals surface area contributed by atoms with Gasteiger partial charge in [-0.25, -0.2) is 9.98 Å². The number of fused-ring (bicyclic) bond motifs is 2. The highest BCUT2D eigenvalue weighted by Crippen LogP contribution is 2.39. The summed E-state index contributed by atoms with van der Waals surface area (Å²) in [5, 5.41) is 6.81. The quantitative estimate of drug-likeness (QED) is 0.706. The summed E-state index contributed by atoms with van der Waals surface area (Å²) >= 11 is 0. The molecule has 1 atom stereocenters. The summed E-state index contributed by atoms with van der Waals surface area (Å²) in [5.74, 6) is 3.61. The Labute approximate surface area is 170 Å². The van der Waals surface area contributed by atoms with Gasteiger partial charge in [-0.15, -0.1) is 0 Å². The number of nitrogens with zero attached hydrogens (tertiary/aromatic N) is 2. The number of allylic oxidation sites excluding steroid dienone is 1. The van der Waals surface area contributed by atoms with Crippen LogP contribution in [-0.4, -0.2) is 38.7 Å². The summed E-state index contributed by atoms with van der Waals surface area (Å²) in [5.41, 5.74) is 3.93. The predicted octanol–water partition coefficient (Wildman–Crippen LogP) is 3.36. The molecule has 3 heterocycles. The van der Waals surface area contributed by atoms with Crippen molar-refractivity contribution in [3.63, 3.8) is 0 Å². The molecule has 1 aromatic carbocycles. The first-order valence-electron chi connectivity index (χ1n) is 10.4. The molecule has 1 aromatic rings. The molecular formula is C22H26N4O3. The smallest absolute Gasteiger partial charge is 0.230 e. The van der Waals surface area contributed by atoms with Gasteiger partial charge >= 0.3 is 0 Å². The van der Waals surface area contributed by atoms with E-state index in [1.165, 1.54) is 5.57 Å². The summed E-state index contributed by atoms with van der Waals surface area (Å²) in [4.78, 5) is 9.49. The van der Waals surface area contributed by atoms with Gasteiger partial charge in [0.05, 0.1) is 18.6 Å². The van der Waals surface area contributed by atoms with E-state index >= 15 is 0 Å². The van der Waals surface area contributed by atoms with Gasteiger partial charge in [0.15, 0.2) is 5.76 Å². The van der Waals surface area contributed by atoms with E-state index in [9.17, 15) is 0 Å². The third kappa shape index (κ3) is 3.62. The Morgan fingerprint density at radius 3 is 3.03 bits per heavy atom. The normalized spacial score (nSPS) is 25.8. The van der Waals surface area contributed by atoms with Gasteiger partial charge in [-0.2, -0.15) is 0 Å². The maximum atomic E-state index is 5.97. The Morgan fingerprint density at radius 1 is 1.10 bits per heavy atom. The van der Waals surface area contributed by atoms with Crippen molar-refractivity contribution < 1.29 is 14.2 Å². The molecule has 5 rings (SSSR count). The third-order valence-electron chi connectivity index (χ3n) is 5.73. The number of amidine groups is 1. The van der Waals surface area contributed by atoms with Gasteiger partial charge in [0.25, 0.3) is 0 Å². The fourth-order valence-electron chi connectivity index (χ4n) is 4.11. The topological polar surface area (TPSA) is 76.5 Å². The Balaban J connectivity index is 1.62. The SMILES string of the molecule is CC1CC2=C(OCO2)C2=C1CNCCCCCOc1ccc3c(c1)/C(=N\2)NC=N3. The molecule has 7 heteroatoms. The second-order valence-electron chi connectivity index (χ2n) is 7.77. The molecule has 0 aromatic heterocycles. The van der Waals surface area contributed by atoms with Crippen molar-refractivity contribution >= 4 is 17.9 Å². The standard InChI is InChI=1S/C22H26N4O3/c1-14-9-19-21(29-13-28-19)20-17(14)11-23-7-3-2-4-8-27-15-5-6-18-16(10-15)22(26-20)25-12-24-18/h5-6,10,12,14,23H,2-4,7-9,11,13H2,1H3,(H,24,25,26). The fraction of sp³-hybridized carbons (Fsp3) is 0.455. The predicted molar refractivity (Wildman–Crippen MR) is 111 cm³/mol. The maximum absolute atomic E-state index is 5.97. The van der Waals surface area contributed by atoms with Crippen LogP contribution in [0, 0.1) is 5.92 Å². The van der Waals surface area contributed by atoms with E-state index in [0.717, 1.165) is 85.4 Å². The molecular weight excluding hydrogens is 368 g/mol. The van der Waals surface area contributed by atoms with E-state index in [-0.39, 0.29) is 6.79 Å². The second-order valence-corrected chi connectivity index (χ2v) is 7.77. The number of ether oxygens (including phenoxy) is 3. The highest BCUT2D eigenvalue weighted by molar-refractivity contribution is 6.11. The van der Waals surface area contributed by atoms with Gasteiger partial charge in [-0.3, -0.25) is 0 Å². The van der Waals surface area contributed by atoms with Crippen molar-refractivity contribution in [2.24, 2.45) is 15.9 Å². The van der Waals surface area contributed by atoms with Crippen molar-refractivity contribution in [2.45, 2.75) is 32.6 Å². The Kier molecular flexibility index (Phi) is 4.97. The van der Waals surface area contributed by atoms with Crippen LogP contribution in [0.3, 0.4) is 0 Å². The molecule has 152 valence electrons. The van der Waals surface area contributed by atoms with Crippen molar-refractivity contribution in [1.29, 1.82) is 0 Å². The monoisotopic (exact) mass is 394 g/mol. The second kappa shape index (κ2) is 7.91. The molecule has 1 unspecified atom stereocenters. The molecule has 4 aliphatic rings. The molecule has 0 saturated heterocycles. The number of benzene rings is 1. The van der Waals surface area contributed by atoms with Gasteiger partial charge in [0.2, 0.25) is 6.79 Å². The zero-order valence-electron chi connectivity index (χ0n) is 16.7. The van der Waals surface area contributed by atoms with Gasteiger partial charge in [-0.05, 0) is 55.5 Å². The van der Waals surface area contributed by atoms with Crippen LogP contribution in [0.2, 0.25) is 0 Å². The number of nitrogens with one attached hydrogen (secondary N) is 2. The Morgan fingerprint density at radius 2 is 2.07 bits per heavy atom. The zero-order chi connectivity index (χ0) is 19.6. The number of rotatable bonds is 0. The molecule has 0 spiro atoms. The lowest BCUT2D eigenvalue weighted by atomic mass is 9.89. The molecule has 7 nitrogen and oxygen atoms in total. The minimum Gasteiger partial charge on any atom is -0.494 e. The van der Waals surface area contributed by atoms with Gasteiger partial charge < -0.3 is 24.8 Å². The van der Waals surface area contributed by atoms with Crippen LogP contribution in [-0.2, 0) is 9.47 Å². The first-order valence-corrected chi connectivity index (χ1v) is 10.4. The third-order valence-corrected chi connectivity index (χ3v) is 5.73. The summed E-state index contributed by atoms with van der Waals surface area (Å²) in [6.07, 6.45) is 5.84. The molecule has 2 bridgehead atoms. The number of hydrogen-bond donors (Lipinski definition) is 2.